The number of fused-ring (bicyclic) bond motifs is 1. The molecule has 10 nitrogen and oxygen atoms in total. The van der Waals surface area contributed by atoms with Crippen molar-refractivity contribution in [1.82, 2.24) is 20.0 Å². The van der Waals surface area contributed by atoms with Crippen molar-refractivity contribution in [3.63, 3.8) is 0 Å². The van der Waals surface area contributed by atoms with Gasteiger partial charge in [0.05, 0.1) is 18.4 Å². The molecule has 0 saturated carbocycles. The van der Waals surface area contributed by atoms with Crippen molar-refractivity contribution in [2.45, 2.75) is 6.92 Å². The second-order valence-corrected chi connectivity index (χ2v) is 7.50. The summed E-state index contributed by atoms with van der Waals surface area (Å²) in [7, 11) is 1.38. The highest BCUT2D eigenvalue weighted by Crippen LogP contribution is 2.28. The van der Waals surface area contributed by atoms with Crippen LogP contribution in [0.1, 0.15) is 15.9 Å². The fourth-order valence-electron chi connectivity index (χ4n) is 3.29. The van der Waals surface area contributed by atoms with Gasteiger partial charge in [0, 0.05) is 30.9 Å². The van der Waals surface area contributed by atoms with E-state index in [4.69, 9.17) is 0 Å². The summed E-state index contributed by atoms with van der Waals surface area (Å²) < 4.78 is 1.52. The number of hydroxylamine groups is 1. The third-order valence-corrected chi connectivity index (χ3v) is 5.55. The molecule has 1 saturated heterocycles. The number of carboxylic acid groups (broad SMARTS) is 1. The molecule has 11 heteroatoms. The smallest absolute Gasteiger partial charge is 0.341 e. The van der Waals surface area contributed by atoms with E-state index in [0.29, 0.717) is 35.2 Å². The normalized spacial score (nSPS) is 14.1. The fraction of sp³-hybridized carbons (Fsp3) is 0.278. The Balaban J connectivity index is 1.82. The summed E-state index contributed by atoms with van der Waals surface area (Å²) in [6.45, 7) is 2.66. The van der Waals surface area contributed by atoms with Gasteiger partial charge in [0.1, 0.15) is 11.4 Å². The van der Waals surface area contributed by atoms with Crippen molar-refractivity contribution in [2.24, 2.45) is 5.92 Å². The molecule has 3 aromatic rings. The van der Waals surface area contributed by atoms with Gasteiger partial charge in [-0.1, -0.05) is 0 Å². The van der Waals surface area contributed by atoms with E-state index in [9.17, 15) is 19.5 Å². The summed E-state index contributed by atoms with van der Waals surface area (Å²) in [4.78, 5) is 51.6. The Labute approximate surface area is 168 Å². The molecule has 29 heavy (non-hydrogen) atoms. The third-order valence-electron chi connectivity index (χ3n) is 4.78. The van der Waals surface area contributed by atoms with E-state index < -0.39 is 11.4 Å². The number of carbonyl (C=O) groups is 2. The van der Waals surface area contributed by atoms with Crippen LogP contribution in [0.15, 0.2) is 28.6 Å². The predicted molar refractivity (Wildman–Crippen MR) is 106 cm³/mol. The molecule has 4 heterocycles. The van der Waals surface area contributed by atoms with Crippen molar-refractivity contribution in [1.29, 1.82) is 0 Å². The van der Waals surface area contributed by atoms with E-state index in [2.05, 4.69) is 20.3 Å². The second-order valence-electron chi connectivity index (χ2n) is 6.63. The number of aryl methyl sites for hydroxylation is 1. The summed E-state index contributed by atoms with van der Waals surface area (Å²) in [5.74, 6) is -1.12. The lowest BCUT2D eigenvalue weighted by molar-refractivity contribution is -0.136. The highest BCUT2D eigenvalue weighted by Gasteiger charge is 2.34. The summed E-state index contributed by atoms with van der Waals surface area (Å²) in [6.07, 6.45) is 2.85. The number of amides is 1. The number of anilines is 1. The van der Waals surface area contributed by atoms with Crippen LogP contribution in [0.3, 0.4) is 0 Å². The predicted octanol–water partition coefficient (Wildman–Crippen LogP) is 0.963. The highest BCUT2D eigenvalue weighted by molar-refractivity contribution is 7.12. The topological polar surface area (TPSA) is 127 Å². The van der Waals surface area contributed by atoms with E-state index >= 15 is 0 Å². The molecule has 4 rings (SSSR count). The van der Waals surface area contributed by atoms with E-state index in [1.807, 2.05) is 4.90 Å². The van der Waals surface area contributed by atoms with Crippen LogP contribution in [0.2, 0.25) is 0 Å². The van der Waals surface area contributed by atoms with Crippen molar-refractivity contribution in [2.75, 3.05) is 25.1 Å². The number of rotatable bonds is 5. The minimum Gasteiger partial charge on any atom is -0.477 e. The summed E-state index contributed by atoms with van der Waals surface area (Å²) in [5, 5.41) is 11.9. The number of hydrogen-bond donors (Lipinski definition) is 2. The Morgan fingerprint density at radius 1 is 1.38 bits per heavy atom. The van der Waals surface area contributed by atoms with E-state index in [1.165, 1.54) is 29.2 Å². The zero-order chi connectivity index (χ0) is 20.7. The highest BCUT2D eigenvalue weighted by atomic mass is 32.1. The standard InChI is InChI=1S/C18H17N5O5S/c1-9-5-12(22-6-10(7-22)16(25)21-28-2)20-15-13(9)14(24)11(17(26)27)8-23(15)18-19-3-4-29-18/h3-5,8,10H,6-7H2,1-2H3,(H,21,25)(H,26,27). The lowest BCUT2D eigenvalue weighted by Gasteiger charge is -2.39. The van der Waals surface area contributed by atoms with E-state index in [0.717, 1.165) is 0 Å². The van der Waals surface area contributed by atoms with E-state index in [1.54, 1.807) is 24.6 Å². The van der Waals surface area contributed by atoms with Crippen LogP contribution in [-0.4, -0.2) is 51.7 Å². The minimum absolute atomic E-state index is 0.202. The van der Waals surface area contributed by atoms with Gasteiger partial charge in [-0.15, -0.1) is 11.3 Å². The van der Waals surface area contributed by atoms with Gasteiger partial charge in [-0.2, -0.15) is 0 Å². The number of carboxylic acids is 1. The first-order chi connectivity index (χ1) is 13.9. The molecule has 1 aliphatic heterocycles. The molecule has 1 fully saturated rings. The number of hydrogen-bond acceptors (Lipinski definition) is 8. The van der Waals surface area contributed by atoms with Crippen molar-refractivity contribution in [3.05, 3.63) is 45.2 Å². The van der Waals surface area contributed by atoms with Crippen LogP contribution in [0.5, 0.6) is 0 Å². The Kier molecular flexibility index (Phi) is 4.76. The molecular formula is C18H17N5O5S. The van der Waals surface area contributed by atoms with Crippen molar-refractivity contribution in [3.8, 4) is 5.13 Å². The SMILES string of the molecule is CONC(=O)C1CN(c2cc(C)c3c(=O)c(C(=O)O)cn(-c4nccs4)c3n2)C1. The Morgan fingerprint density at radius 2 is 2.14 bits per heavy atom. The molecule has 0 unspecified atom stereocenters. The summed E-state index contributed by atoms with van der Waals surface area (Å²) in [5.41, 5.74) is 2.32. The van der Waals surface area contributed by atoms with Crippen LogP contribution in [0.25, 0.3) is 16.2 Å². The molecule has 3 aromatic heterocycles. The van der Waals surface area contributed by atoms with Gasteiger partial charge in [0.2, 0.25) is 11.3 Å². The number of nitrogens with zero attached hydrogens (tertiary/aromatic N) is 4. The molecule has 1 aliphatic rings. The third kappa shape index (κ3) is 3.23. The first-order valence-electron chi connectivity index (χ1n) is 8.68. The maximum atomic E-state index is 12.8. The maximum absolute atomic E-state index is 12.8. The van der Waals surface area contributed by atoms with Crippen LogP contribution in [0.4, 0.5) is 5.82 Å². The van der Waals surface area contributed by atoms with E-state index in [-0.39, 0.29) is 22.8 Å². The number of aromatic carboxylic acids is 1. The van der Waals surface area contributed by atoms with Crippen LogP contribution in [-0.2, 0) is 9.63 Å². The maximum Gasteiger partial charge on any atom is 0.341 e. The van der Waals surface area contributed by atoms with Gasteiger partial charge in [-0.25, -0.2) is 20.2 Å². The molecule has 0 bridgehead atoms. The van der Waals surface area contributed by atoms with Crippen molar-refractivity contribution >= 4 is 40.1 Å². The van der Waals surface area contributed by atoms with Gasteiger partial charge < -0.3 is 10.0 Å². The number of carbonyl (C=O) groups excluding carboxylic acids is 1. The van der Waals surface area contributed by atoms with Gasteiger partial charge in [0.15, 0.2) is 10.8 Å². The second kappa shape index (κ2) is 7.26. The number of pyridine rings is 2. The van der Waals surface area contributed by atoms with Gasteiger partial charge in [-0.05, 0) is 18.6 Å². The molecule has 2 N–H and O–H groups in total. The van der Waals surface area contributed by atoms with Gasteiger partial charge in [0.25, 0.3) is 0 Å². The summed E-state index contributed by atoms with van der Waals surface area (Å²) in [6, 6.07) is 1.73. The van der Waals surface area contributed by atoms with Crippen molar-refractivity contribution < 1.29 is 19.5 Å². The Morgan fingerprint density at radius 3 is 2.76 bits per heavy atom. The molecule has 150 valence electrons. The lowest BCUT2D eigenvalue weighted by atomic mass is 9.99. The average Bonchev–Trinajstić information content (AvgIpc) is 3.14. The first-order valence-corrected chi connectivity index (χ1v) is 9.56. The van der Waals surface area contributed by atoms with Gasteiger partial charge in [-0.3, -0.25) is 19.0 Å². The quantitative estimate of drug-likeness (QED) is 0.590. The minimum atomic E-state index is -1.31. The molecular weight excluding hydrogens is 398 g/mol. The Hall–Kier alpha value is -3.31. The van der Waals surface area contributed by atoms with Gasteiger partial charge >= 0.3 is 5.97 Å². The molecule has 0 aliphatic carbocycles. The van der Waals surface area contributed by atoms with Crippen LogP contribution >= 0.6 is 11.3 Å². The Bertz CT molecular complexity index is 1170. The zero-order valence-corrected chi connectivity index (χ0v) is 16.4. The average molecular weight is 415 g/mol. The lowest BCUT2D eigenvalue weighted by Crippen LogP contribution is -2.54. The van der Waals surface area contributed by atoms with Crippen LogP contribution in [0, 0.1) is 12.8 Å². The molecule has 0 radical (unpaired) electrons. The molecule has 0 atom stereocenters. The van der Waals surface area contributed by atoms with Crippen LogP contribution < -0.4 is 15.8 Å². The number of aromatic nitrogens is 3. The monoisotopic (exact) mass is 415 g/mol. The summed E-state index contributed by atoms with van der Waals surface area (Å²) >= 11 is 1.30. The largest absolute Gasteiger partial charge is 0.477 e. The first kappa shape index (κ1) is 19.0. The number of thiazole rings is 1. The molecule has 0 spiro atoms. The fourth-order valence-corrected chi connectivity index (χ4v) is 3.91. The molecule has 1 amide bonds. The number of nitrogens with one attached hydrogen (secondary N) is 1. The molecule has 0 aromatic carbocycles. The zero-order valence-electron chi connectivity index (χ0n) is 15.6.